The van der Waals surface area contributed by atoms with E-state index in [0.717, 1.165) is 31.9 Å². The Morgan fingerprint density at radius 2 is 1.95 bits per heavy atom. The summed E-state index contributed by atoms with van der Waals surface area (Å²) in [7, 11) is 0. The second-order valence-corrected chi connectivity index (χ2v) is 6.97. The third-order valence-corrected chi connectivity index (χ3v) is 5.19. The minimum atomic E-state index is 0.438. The molecule has 0 spiro atoms. The van der Waals surface area contributed by atoms with Crippen molar-refractivity contribution in [1.29, 1.82) is 0 Å². The zero-order valence-corrected chi connectivity index (χ0v) is 13.4. The predicted molar refractivity (Wildman–Crippen MR) is 87.9 cm³/mol. The van der Waals surface area contributed by atoms with Gasteiger partial charge < -0.3 is 10.2 Å². The highest BCUT2D eigenvalue weighted by atomic mass is 32.1. The van der Waals surface area contributed by atoms with Gasteiger partial charge in [-0.25, -0.2) is 9.97 Å². The minimum absolute atomic E-state index is 0.438. The van der Waals surface area contributed by atoms with E-state index in [1.165, 1.54) is 9.75 Å². The molecule has 0 radical (unpaired) electrons. The molecule has 1 atom stereocenters. The van der Waals surface area contributed by atoms with Gasteiger partial charge >= 0.3 is 0 Å². The van der Waals surface area contributed by atoms with E-state index >= 15 is 0 Å². The van der Waals surface area contributed by atoms with Crippen molar-refractivity contribution in [2.75, 3.05) is 18.0 Å². The van der Waals surface area contributed by atoms with Crippen LogP contribution < -0.4 is 10.2 Å². The fraction of sp³-hybridized carbons (Fsp3) is 0.500. The van der Waals surface area contributed by atoms with Gasteiger partial charge in [-0.2, -0.15) is 0 Å². The highest BCUT2D eigenvalue weighted by molar-refractivity contribution is 7.12. The molecule has 2 aromatic heterocycles. The third-order valence-electron chi connectivity index (χ3n) is 4.00. The minimum Gasteiger partial charge on any atom is -0.341 e. The van der Waals surface area contributed by atoms with Crippen LogP contribution in [0.25, 0.3) is 0 Å². The predicted octanol–water partition coefficient (Wildman–Crippen LogP) is 3.17. The number of rotatable bonds is 4. The summed E-state index contributed by atoms with van der Waals surface area (Å²) in [6, 6.07) is 7.33. The number of piperidine rings is 1. The summed E-state index contributed by atoms with van der Waals surface area (Å²) in [5, 5.41) is 3.76. The highest BCUT2D eigenvalue weighted by Crippen LogP contribution is 2.24. The number of thiophene rings is 1. The SMILES string of the molecule is Cc1ccc(C(C)NC2CCN(c3ncccn3)CC2)s1. The summed E-state index contributed by atoms with van der Waals surface area (Å²) in [6.07, 6.45) is 5.92. The van der Waals surface area contributed by atoms with Crippen LogP contribution in [0.15, 0.2) is 30.6 Å². The van der Waals surface area contributed by atoms with E-state index in [1.807, 2.05) is 29.8 Å². The van der Waals surface area contributed by atoms with Crippen molar-refractivity contribution in [3.63, 3.8) is 0 Å². The number of aryl methyl sites for hydroxylation is 1. The third kappa shape index (κ3) is 3.60. The fourth-order valence-electron chi connectivity index (χ4n) is 2.82. The van der Waals surface area contributed by atoms with Gasteiger partial charge in [0.1, 0.15) is 0 Å². The molecule has 3 rings (SSSR count). The lowest BCUT2D eigenvalue weighted by Crippen LogP contribution is -2.43. The second kappa shape index (κ2) is 6.54. The Morgan fingerprint density at radius 3 is 2.57 bits per heavy atom. The molecule has 0 bridgehead atoms. The summed E-state index contributed by atoms with van der Waals surface area (Å²) >= 11 is 1.89. The van der Waals surface area contributed by atoms with Crippen LogP contribution in [0.3, 0.4) is 0 Å². The largest absolute Gasteiger partial charge is 0.341 e. The van der Waals surface area contributed by atoms with Crippen LogP contribution in [0, 0.1) is 6.92 Å². The quantitative estimate of drug-likeness (QED) is 0.942. The van der Waals surface area contributed by atoms with Crippen molar-refractivity contribution in [1.82, 2.24) is 15.3 Å². The van der Waals surface area contributed by atoms with Crippen LogP contribution in [0.5, 0.6) is 0 Å². The van der Waals surface area contributed by atoms with Gasteiger partial charge in [-0.15, -0.1) is 11.3 Å². The van der Waals surface area contributed by atoms with Crippen LogP contribution >= 0.6 is 11.3 Å². The Kier molecular flexibility index (Phi) is 4.51. The molecule has 2 aromatic rings. The highest BCUT2D eigenvalue weighted by Gasteiger charge is 2.22. The first-order valence-corrected chi connectivity index (χ1v) is 8.38. The maximum absolute atomic E-state index is 4.33. The molecule has 1 N–H and O–H groups in total. The topological polar surface area (TPSA) is 41.0 Å². The van der Waals surface area contributed by atoms with Crippen molar-refractivity contribution < 1.29 is 0 Å². The van der Waals surface area contributed by atoms with Gasteiger partial charge in [-0.3, -0.25) is 0 Å². The van der Waals surface area contributed by atoms with E-state index in [0.29, 0.717) is 12.1 Å². The Balaban J connectivity index is 1.52. The Labute approximate surface area is 130 Å². The van der Waals surface area contributed by atoms with Crippen LogP contribution in [0.2, 0.25) is 0 Å². The summed E-state index contributed by atoms with van der Waals surface area (Å²) in [5.74, 6) is 0.859. The van der Waals surface area contributed by atoms with Crippen LogP contribution in [0.4, 0.5) is 5.95 Å². The lowest BCUT2D eigenvalue weighted by Gasteiger charge is -2.33. The molecular weight excluding hydrogens is 280 g/mol. The van der Waals surface area contributed by atoms with Crippen molar-refractivity contribution in [2.24, 2.45) is 0 Å². The average Bonchev–Trinajstić information content (AvgIpc) is 2.96. The van der Waals surface area contributed by atoms with Gasteiger partial charge in [-0.1, -0.05) is 0 Å². The molecule has 1 aliphatic rings. The van der Waals surface area contributed by atoms with Gasteiger partial charge in [-0.05, 0) is 44.9 Å². The summed E-state index contributed by atoms with van der Waals surface area (Å²) in [6.45, 7) is 6.48. The normalized spacial score (nSPS) is 17.9. The second-order valence-electron chi connectivity index (χ2n) is 5.65. The average molecular weight is 302 g/mol. The zero-order valence-electron chi connectivity index (χ0n) is 12.6. The van der Waals surface area contributed by atoms with Gasteiger partial charge in [0.25, 0.3) is 0 Å². The first-order valence-electron chi connectivity index (χ1n) is 7.57. The lowest BCUT2D eigenvalue weighted by molar-refractivity contribution is 0.381. The molecule has 3 heterocycles. The van der Waals surface area contributed by atoms with E-state index in [9.17, 15) is 0 Å². The first kappa shape index (κ1) is 14.5. The van der Waals surface area contributed by atoms with Gasteiger partial charge in [0.15, 0.2) is 0 Å². The molecule has 1 fully saturated rings. The number of hydrogen-bond acceptors (Lipinski definition) is 5. The molecule has 1 saturated heterocycles. The maximum Gasteiger partial charge on any atom is 0.225 e. The smallest absolute Gasteiger partial charge is 0.225 e. The lowest BCUT2D eigenvalue weighted by atomic mass is 10.0. The molecule has 0 saturated carbocycles. The van der Waals surface area contributed by atoms with Crippen molar-refractivity contribution in [3.05, 3.63) is 40.3 Å². The van der Waals surface area contributed by atoms with Crippen molar-refractivity contribution in [2.45, 2.75) is 38.8 Å². The number of nitrogens with zero attached hydrogens (tertiary/aromatic N) is 3. The Bertz CT molecular complexity index is 561. The Morgan fingerprint density at radius 1 is 1.24 bits per heavy atom. The molecule has 0 amide bonds. The van der Waals surface area contributed by atoms with E-state index in [4.69, 9.17) is 0 Å². The monoisotopic (exact) mass is 302 g/mol. The van der Waals surface area contributed by atoms with Crippen LogP contribution in [0.1, 0.15) is 35.6 Å². The maximum atomic E-state index is 4.33. The van der Waals surface area contributed by atoms with Gasteiger partial charge in [0.2, 0.25) is 5.95 Å². The zero-order chi connectivity index (χ0) is 14.7. The van der Waals surface area contributed by atoms with E-state index < -0.39 is 0 Å². The molecule has 1 aliphatic heterocycles. The number of nitrogens with one attached hydrogen (secondary N) is 1. The van der Waals surface area contributed by atoms with Gasteiger partial charge in [0, 0.05) is 47.3 Å². The van der Waals surface area contributed by atoms with Crippen LogP contribution in [-0.4, -0.2) is 29.1 Å². The van der Waals surface area contributed by atoms with Crippen molar-refractivity contribution in [3.8, 4) is 0 Å². The standard InChI is InChI=1S/C16H22N4S/c1-12-4-5-15(21-12)13(2)19-14-6-10-20(11-7-14)16-17-8-3-9-18-16/h3-5,8-9,13-14,19H,6-7,10-11H2,1-2H3. The van der Waals surface area contributed by atoms with E-state index in [1.54, 1.807) is 0 Å². The molecule has 0 aliphatic carbocycles. The van der Waals surface area contributed by atoms with E-state index in [-0.39, 0.29) is 0 Å². The number of hydrogen-bond donors (Lipinski definition) is 1. The summed E-state index contributed by atoms with van der Waals surface area (Å²) in [4.78, 5) is 13.8. The van der Waals surface area contributed by atoms with Gasteiger partial charge in [0.05, 0.1) is 0 Å². The number of aromatic nitrogens is 2. The molecule has 21 heavy (non-hydrogen) atoms. The van der Waals surface area contributed by atoms with Crippen LogP contribution in [-0.2, 0) is 0 Å². The molecular formula is C16H22N4S. The molecule has 0 aromatic carbocycles. The molecule has 112 valence electrons. The first-order chi connectivity index (χ1) is 10.2. The number of anilines is 1. The van der Waals surface area contributed by atoms with Crippen molar-refractivity contribution >= 4 is 17.3 Å². The summed E-state index contributed by atoms with van der Waals surface area (Å²) in [5.41, 5.74) is 0. The molecule has 4 nitrogen and oxygen atoms in total. The molecule has 5 heteroatoms. The summed E-state index contributed by atoms with van der Waals surface area (Å²) < 4.78 is 0. The Hall–Kier alpha value is -1.46. The van der Waals surface area contributed by atoms with E-state index in [2.05, 4.69) is 46.2 Å². The molecule has 1 unspecified atom stereocenters. The fourth-order valence-corrected chi connectivity index (χ4v) is 3.71.